The molecule has 1 aliphatic heterocycles. The van der Waals surface area contributed by atoms with Gasteiger partial charge in [0.15, 0.2) is 5.90 Å². The first kappa shape index (κ1) is 54.4. The lowest BCUT2D eigenvalue weighted by molar-refractivity contribution is -0.256. The third-order valence-corrected chi connectivity index (χ3v) is 11.7. The van der Waals surface area contributed by atoms with Crippen molar-refractivity contribution in [1.82, 2.24) is 5.32 Å². The van der Waals surface area contributed by atoms with Crippen molar-refractivity contribution in [2.45, 2.75) is 185 Å². The van der Waals surface area contributed by atoms with Crippen LogP contribution >= 0.6 is 19.4 Å². The van der Waals surface area contributed by atoms with Crippen LogP contribution in [0.1, 0.15) is 149 Å². The smallest absolute Gasteiger partial charge is 0.449 e. The van der Waals surface area contributed by atoms with Gasteiger partial charge in [0, 0.05) is 27.2 Å². The van der Waals surface area contributed by atoms with E-state index in [0.29, 0.717) is 12.8 Å². The van der Waals surface area contributed by atoms with E-state index < -0.39 is 38.5 Å². The molecule has 6 atom stereocenters. The maximum Gasteiger partial charge on any atom is 0.475 e. The second-order valence-corrected chi connectivity index (χ2v) is 16.9. The molecular formula is C44H80ClN2O10P. The van der Waals surface area contributed by atoms with E-state index in [4.69, 9.17) is 54.3 Å². The Morgan fingerprint density at radius 3 is 1.97 bits per heavy atom. The number of carbonyl (C=O) groups excluding carboxylic acids is 1. The van der Waals surface area contributed by atoms with E-state index in [1.54, 1.807) is 7.11 Å². The zero-order chi connectivity index (χ0) is 42.7. The van der Waals surface area contributed by atoms with Crippen LogP contribution in [-0.2, 0) is 46.6 Å². The summed E-state index contributed by atoms with van der Waals surface area (Å²) in [5.41, 5.74) is 0. The normalized spacial score (nSPS) is 20.3. The van der Waals surface area contributed by atoms with E-state index in [1.165, 1.54) is 89.9 Å². The van der Waals surface area contributed by atoms with Crippen molar-refractivity contribution in [1.29, 1.82) is 5.41 Å². The molecule has 1 amide bonds. The molecule has 1 heterocycles. The lowest BCUT2D eigenvalue weighted by Gasteiger charge is -2.46. The number of amides is 1. The number of unbranched alkanes of at least 4 members (excludes halogenated alkanes) is 15. The number of rotatable bonds is 39. The number of hydrogen-bond donors (Lipinski definition) is 2. The highest BCUT2D eigenvalue weighted by molar-refractivity contribution is 7.48. The topological polar surface area (TPSA) is 144 Å². The Labute approximate surface area is 357 Å². The van der Waals surface area contributed by atoms with Crippen LogP contribution in [0.2, 0.25) is 0 Å². The number of ether oxygens (including phenoxy) is 5. The number of allylic oxidation sites excluding steroid dienone is 2. The number of phosphoric acid groups is 1. The minimum Gasteiger partial charge on any atom is -0.449 e. The van der Waals surface area contributed by atoms with Gasteiger partial charge in [-0.3, -0.25) is 23.8 Å². The molecule has 0 aliphatic carbocycles. The molecule has 0 bridgehead atoms. The maximum atomic E-state index is 14.0. The molecule has 0 aromatic heterocycles. The van der Waals surface area contributed by atoms with Gasteiger partial charge in [-0.15, -0.1) is 24.8 Å². The van der Waals surface area contributed by atoms with Gasteiger partial charge in [0.2, 0.25) is 12.2 Å². The lowest BCUT2D eigenvalue weighted by atomic mass is 9.96. The Kier molecular flexibility index (Phi) is 33.9. The summed E-state index contributed by atoms with van der Waals surface area (Å²) in [5.74, 6) is -0.713. The highest BCUT2D eigenvalue weighted by Gasteiger charge is 2.52. The summed E-state index contributed by atoms with van der Waals surface area (Å²) in [6.07, 6.45) is 25.6. The van der Waals surface area contributed by atoms with Gasteiger partial charge in [-0.1, -0.05) is 122 Å². The summed E-state index contributed by atoms with van der Waals surface area (Å²) in [4.78, 5) is 13.6. The van der Waals surface area contributed by atoms with Gasteiger partial charge in [-0.05, 0) is 44.9 Å². The van der Waals surface area contributed by atoms with Crippen molar-refractivity contribution < 1.29 is 46.6 Å². The van der Waals surface area contributed by atoms with E-state index in [1.807, 2.05) is 0 Å². The van der Waals surface area contributed by atoms with Gasteiger partial charge in [-0.2, -0.15) is 0 Å². The average molecular weight is 864 g/mol. The van der Waals surface area contributed by atoms with Crippen molar-refractivity contribution >= 4 is 31.2 Å². The Hall–Kier alpha value is -1.60. The Morgan fingerprint density at radius 2 is 1.40 bits per heavy atom. The minimum absolute atomic E-state index is 0.0313. The predicted octanol–water partition coefficient (Wildman–Crippen LogP) is 11.2. The summed E-state index contributed by atoms with van der Waals surface area (Å²) in [6, 6.07) is -0.998. The van der Waals surface area contributed by atoms with Crippen LogP contribution < -0.4 is 5.32 Å². The molecule has 1 aliphatic rings. The molecule has 1 saturated heterocycles. The van der Waals surface area contributed by atoms with Crippen LogP contribution in [-0.4, -0.2) is 95.1 Å². The van der Waals surface area contributed by atoms with E-state index in [2.05, 4.69) is 44.5 Å². The predicted molar refractivity (Wildman–Crippen MR) is 235 cm³/mol. The van der Waals surface area contributed by atoms with Gasteiger partial charge in [-0.25, -0.2) is 4.57 Å². The molecule has 12 nitrogen and oxygen atoms in total. The van der Waals surface area contributed by atoms with Crippen molar-refractivity contribution in [2.24, 2.45) is 0 Å². The SMILES string of the molecule is C=CCOP(=O)(OCC=C)O[C@H]1[C@H](OCC[C@@H](CCCCCCC)OC)[C@@H](NC(=O)CCCCCCCCC/C=C\CCCCCC)C(OC(=N)CCl)O[C@@H]1COC. The number of alkyl halides is 1. The van der Waals surface area contributed by atoms with Crippen LogP contribution in [0.5, 0.6) is 0 Å². The first-order valence-electron chi connectivity index (χ1n) is 22.0. The van der Waals surface area contributed by atoms with Gasteiger partial charge >= 0.3 is 7.82 Å². The molecule has 2 N–H and O–H groups in total. The van der Waals surface area contributed by atoms with Crippen LogP contribution in [0.15, 0.2) is 37.5 Å². The third-order valence-electron chi connectivity index (χ3n) is 10.0. The van der Waals surface area contributed by atoms with Crippen molar-refractivity contribution in [3.63, 3.8) is 0 Å². The fourth-order valence-electron chi connectivity index (χ4n) is 6.79. The van der Waals surface area contributed by atoms with Crippen LogP contribution in [0.3, 0.4) is 0 Å². The zero-order valence-corrected chi connectivity index (χ0v) is 38.1. The average Bonchev–Trinajstić information content (AvgIpc) is 3.22. The van der Waals surface area contributed by atoms with Crippen molar-refractivity contribution in [3.05, 3.63) is 37.5 Å². The Bertz CT molecular complexity index is 1130. The summed E-state index contributed by atoms with van der Waals surface area (Å²) in [6.45, 7) is 11.7. The zero-order valence-electron chi connectivity index (χ0n) is 36.5. The second-order valence-electron chi connectivity index (χ2n) is 15.0. The molecule has 0 aromatic carbocycles. The van der Waals surface area contributed by atoms with Crippen molar-refractivity contribution in [3.8, 4) is 0 Å². The monoisotopic (exact) mass is 863 g/mol. The second kappa shape index (κ2) is 36.1. The van der Waals surface area contributed by atoms with E-state index in [9.17, 15) is 9.36 Å². The maximum absolute atomic E-state index is 14.0. The number of nitrogens with one attached hydrogen (secondary N) is 2. The van der Waals surface area contributed by atoms with Crippen molar-refractivity contribution in [2.75, 3.05) is 46.5 Å². The van der Waals surface area contributed by atoms with Crippen LogP contribution in [0.4, 0.5) is 0 Å². The number of halogens is 1. The fraction of sp³-hybridized carbons (Fsp3) is 0.818. The van der Waals surface area contributed by atoms with E-state index in [0.717, 1.165) is 44.9 Å². The Morgan fingerprint density at radius 1 is 0.828 bits per heavy atom. The molecule has 0 aromatic rings. The summed E-state index contributed by atoms with van der Waals surface area (Å²) >= 11 is 5.98. The largest absolute Gasteiger partial charge is 0.475 e. The number of hydrogen-bond acceptors (Lipinski definition) is 11. The molecule has 0 saturated carbocycles. The molecule has 1 unspecified atom stereocenters. The first-order chi connectivity index (χ1) is 28.2. The molecule has 58 heavy (non-hydrogen) atoms. The number of methoxy groups -OCH3 is 2. The molecule has 0 spiro atoms. The molecule has 1 fully saturated rings. The summed E-state index contributed by atoms with van der Waals surface area (Å²) in [7, 11) is -1.09. The fourth-order valence-corrected chi connectivity index (χ4v) is 8.18. The van der Waals surface area contributed by atoms with Crippen LogP contribution in [0.25, 0.3) is 0 Å². The highest BCUT2D eigenvalue weighted by Crippen LogP contribution is 2.52. The van der Waals surface area contributed by atoms with Crippen LogP contribution in [0, 0.1) is 5.41 Å². The quantitative estimate of drug-likeness (QED) is 0.0153. The molecule has 338 valence electrons. The van der Waals surface area contributed by atoms with Gasteiger partial charge in [0.1, 0.15) is 24.4 Å². The van der Waals surface area contributed by atoms with Gasteiger partial charge in [0.05, 0.1) is 31.8 Å². The Balaban J connectivity index is 3.10. The number of phosphoric ester groups is 1. The highest BCUT2D eigenvalue weighted by atomic mass is 35.5. The van der Waals surface area contributed by atoms with E-state index in [-0.39, 0.29) is 56.6 Å². The minimum atomic E-state index is -4.26. The lowest BCUT2D eigenvalue weighted by Crippen LogP contribution is -2.66. The first-order valence-corrected chi connectivity index (χ1v) is 24.0. The molecule has 0 radical (unpaired) electrons. The summed E-state index contributed by atoms with van der Waals surface area (Å²) in [5, 5.41) is 11.3. The third kappa shape index (κ3) is 25.2. The standard InChI is InChI=1S/C44H80ClN2O10P/c1-7-11-13-15-16-17-18-19-20-21-22-23-24-26-28-30-40(48)47-41-43(52-34-31-37(51-6)29-27-25-14-12-8-2)42(57-58(49,53-32-9-3)54-33-10-4)38(36-50-5)55-44(41)56-39(46)35-45/h9-10,17-18,37-38,41-44,46H,3-4,7-8,11-16,19-36H2,1-2,5-6H3,(H,47,48)/b18-17-,46-39?/t37-,38-,41-,42-,43-,44?/m1/s1. The molecule has 14 heteroatoms. The molecule has 1 rings (SSSR count). The summed E-state index contributed by atoms with van der Waals surface area (Å²) < 4.78 is 61.4. The number of carbonyl (C=O) groups is 1. The van der Waals surface area contributed by atoms with Gasteiger partial charge < -0.3 is 29.0 Å². The molecular weight excluding hydrogens is 783 g/mol. The van der Waals surface area contributed by atoms with E-state index >= 15 is 0 Å². The van der Waals surface area contributed by atoms with Gasteiger partial charge in [0.25, 0.3) is 0 Å².